The Hall–Kier alpha value is -0.180. The third-order valence-corrected chi connectivity index (χ3v) is 2.11. The topological polar surface area (TPSA) is 12.0 Å². The Kier molecular flexibility index (Phi) is 2.24. The fourth-order valence-electron chi connectivity index (χ4n) is 1.45. The lowest BCUT2D eigenvalue weighted by atomic mass is 9.92. The standard InChI is InChI=1S/C7H13F2N/c1-10-6-4-2-3-5-7(6,8)9/h6,10H,2-5H2,1H3/t6-/m1/s1. The molecule has 0 amide bonds. The summed E-state index contributed by atoms with van der Waals surface area (Å²) in [6, 6.07) is -0.582. The van der Waals surface area contributed by atoms with Crippen molar-refractivity contribution >= 4 is 0 Å². The van der Waals surface area contributed by atoms with Gasteiger partial charge in [0.05, 0.1) is 6.04 Å². The van der Waals surface area contributed by atoms with Gasteiger partial charge in [-0.05, 0) is 19.9 Å². The molecule has 0 bridgehead atoms. The van der Waals surface area contributed by atoms with Crippen molar-refractivity contribution in [1.82, 2.24) is 5.32 Å². The van der Waals surface area contributed by atoms with Gasteiger partial charge in [-0.2, -0.15) is 0 Å². The summed E-state index contributed by atoms with van der Waals surface area (Å²) < 4.78 is 25.6. The largest absolute Gasteiger partial charge is 0.312 e. The molecule has 0 aromatic rings. The number of alkyl halides is 2. The van der Waals surface area contributed by atoms with Crippen LogP contribution < -0.4 is 5.32 Å². The number of rotatable bonds is 1. The van der Waals surface area contributed by atoms with Crippen LogP contribution in [0.2, 0.25) is 0 Å². The summed E-state index contributed by atoms with van der Waals surface area (Å²) in [4.78, 5) is 0. The Morgan fingerprint density at radius 2 is 2.10 bits per heavy atom. The van der Waals surface area contributed by atoms with Crippen molar-refractivity contribution in [2.24, 2.45) is 0 Å². The molecule has 1 rings (SSSR count). The Balaban J connectivity index is 2.51. The van der Waals surface area contributed by atoms with Gasteiger partial charge in [0, 0.05) is 6.42 Å². The van der Waals surface area contributed by atoms with E-state index in [2.05, 4.69) is 5.32 Å². The first kappa shape index (κ1) is 7.92. The SMILES string of the molecule is CN[C@@H]1CCCCC1(F)F. The summed E-state index contributed by atoms with van der Waals surface area (Å²) in [5, 5.41) is 2.64. The molecule has 3 heteroatoms. The van der Waals surface area contributed by atoms with E-state index in [-0.39, 0.29) is 6.42 Å². The molecule has 0 heterocycles. The molecule has 10 heavy (non-hydrogen) atoms. The summed E-state index contributed by atoms with van der Waals surface area (Å²) in [6.45, 7) is 0. The first-order valence-corrected chi connectivity index (χ1v) is 3.72. The molecule has 1 aliphatic rings. The van der Waals surface area contributed by atoms with Gasteiger partial charge in [-0.15, -0.1) is 0 Å². The molecule has 1 atom stereocenters. The van der Waals surface area contributed by atoms with Gasteiger partial charge in [0.15, 0.2) is 0 Å². The van der Waals surface area contributed by atoms with Crippen LogP contribution in [-0.4, -0.2) is 19.0 Å². The molecule has 60 valence electrons. The average Bonchev–Trinajstić information content (AvgIpc) is 1.87. The molecule has 0 spiro atoms. The lowest BCUT2D eigenvalue weighted by molar-refractivity contribution is -0.0612. The maximum absolute atomic E-state index is 12.8. The molecule has 0 saturated heterocycles. The highest BCUT2D eigenvalue weighted by Gasteiger charge is 2.40. The van der Waals surface area contributed by atoms with Crippen LogP contribution >= 0.6 is 0 Å². The molecule has 1 fully saturated rings. The van der Waals surface area contributed by atoms with Gasteiger partial charge in [0.1, 0.15) is 0 Å². The Labute approximate surface area is 59.8 Å². The zero-order valence-electron chi connectivity index (χ0n) is 6.16. The maximum atomic E-state index is 12.8. The van der Waals surface area contributed by atoms with Crippen LogP contribution in [0.15, 0.2) is 0 Å². The number of hydrogen-bond acceptors (Lipinski definition) is 1. The van der Waals surface area contributed by atoms with Crippen molar-refractivity contribution < 1.29 is 8.78 Å². The van der Waals surface area contributed by atoms with Gasteiger partial charge < -0.3 is 5.32 Å². The minimum Gasteiger partial charge on any atom is -0.312 e. The fourth-order valence-corrected chi connectivity index (χ4v) is 1.45. The molecule has 0 aromatic carbocycles. The normalized spacial score (nSPS) is 32.1. The van der Waals surface area contributed by atoms with Crippen molar-refractivity contribution in [3.8, 4) is 0 Å². The zero-order valence-corrected chi connectivity index (χ0v) is 6.16. The van der Waals surface area contributed by atoms with Crippen LogP contribution in [0.4, 0.5) is 8.78 Å². The molecule has 1 saturated carbocycles. The van der Waals surface area contributed by atoms with Gasteiger partial charge in [-0.3, -0.25) is 0 Å². The maximum Gasteiger partial charge on any atom is 0.263 e. The first-order valence-electron chi connectivity index (χ1n) is 3.72. The Morgan fingerprint density at radius 1 is 1.40 bits per heavy atom. The summed E-state index contributed by atoms with van der Waals surface area (Å²) in [5.74, 6) is -2.47. The predicted molar refractivity (Wildman–Crippen MR) is 36.3 cm³/mol. The van der Waals surface area contributed by atoms with Crippen molar-refractivity contribution in [3.05, 3.63) is 0 Å². The van der Waals surface area contributed by atoms with Gasteiger partial charge in [-0.1, -0.05) is 6.42 Å². The van der Waals surface area contributed by atoms with E-state index in [1.54, 1.807) is 7.05 Å². The summed E-state index contributed by atoms with van der Waals surface area (Å²) >= 11 is 0. The molecular formula is C7H13F2N. The van der Waals surface area contributed by atoms with Crippen LogP contribution in [0.1, 0.15) is 25.7 Å². The quantitative estimate of drug-likeness (QED) is 0.599. The number of nitrogens with one attached hydrogen (secondary N) is 1. The van der Waals surface area contributed by atoms with E-state index < -0.39 is 12.0 Å². The van der Waals surface area contributed by atoms with E-state index in [1.165, 1.54) is 0 Å². The van der Waals surface area contributed by atoms with Crippen molar-refractivity contribution in [2.45, 2.75) is 37.6 Å². The highest BCUT2D eigenvalue weighted by Crippen LogP contribution is 2.32. The molecule has 0 radical (unpaired) electrons. The Bertz CT molecular complexity index is 114. The molecule has 1 aliphatic carbocycles. The van der Waals surface area contributed by atoms with E-state index in [4.69, 9.17) is 0 Å². The summed E-state index contributed by atoms with van der Waals surface area (Å²) in [5.41, 5.74) is 0. The highest BCUT2D eigenvalue weighted by atomic mass is 19.3. The molecule has 1 N–H and O–H groups in total. The fraction of sp³-hybridized carbons (Fsp3) is 1.00. The minimum absolute atomic E-state index is 0.0541. The van der Waals surface area contributed by atoms with Crippen molar-refractivity contribution in [1.29, 1.82) is 0 Å². The van der Waals surface area contributed by atoms with Crippen LogP contribution in [0, 0.1) is 0 Å². The van der Waals surface area contributed by atoms with E-state index in [0.29, 0.717) is 12.8 Å². The van der Waals surface area contributed by atoms with E-state index >= 15 is 0 Å². The smallest absolute Gasteiger partial charge is 0.263 e. The second-order valence-electron chi connectivity index (χ2n) is 2.85. The second kappa shape index (κ2) is 2.82. The lowest BCUT2D eigenvalue weighted by Crippen LogP contribution is -2.45. The third kappa shape index (κ3) is 1.45. The third-order valence-electron chi connectivity index (χ3n) is 2.11. The van der Waals surface area contributed by atoms with E-state index in [9.17, 15) is 8.78 Å². The molecular weight excluding hydrogens is 136 g/mol. The van der Waals surface area contributed by atoms with Crippen LogP contribution in [0.25, 0.3) is 0 Å². The van der Waals surface area contributed by atoms with Crippen molar-refractivity contribution in [3.63, 3.8) is 0 Å². The highest BCUT2D eigenvalue weighted by molar-refractivity contribution is 4.85. The van der Waals surface area contributed by atoms with Gasteiger partial charge in [0.25, 0.3) is 5.92 Å². The summed E-state index contributed by atoms with van der Waals surface area (Å²) in [7, 11) is 1.60. The molecule has 0 aliphatic heterocycles. The minimum atomic E-state index is -2.47. The van der Waals surface area contributed by atoms with Crippen LogP contribution in [-0.2, 0) is 0 Å². The molecule has 0 aromatic heterocycles. The number of halogens is 2. The number of hydrogen-bond donors (Lipinski definition) is 1. The van der Waals surface area contributed by atoms with Gasteiger partial charge in [-0.25, -0.2) is 8.78 Å². The first-order chi connectivity index (χ1) is 4.67. The van der Waals surface area contributed by atoms with E-state index in [0.717, 1.165) is 6.42 Å². The monoisotopic (exact) mass is 149 g/mol. The average molecular weight is 149 g/mol. The van der Waals surface area contributed by atoms with Crippen LogP contribution in [0.3, 0.4) is 0 Å². The van der Waals surface area contributed by atoms with Gasteiger partial charge in [0.2, 0.25) is 0 Å². The van der Waals surface area contributed by atoms with Crippen LogP contribution in [0.5, 0.6) is 0 Å². The van der Waals surface area contributed by atoms with Gasteiger partial charge >= 0.3 is 0 Å². The van der Waals surface area contributed by atoms with Crippen molar-refractivity contribution in [2.75, 3.05) is 7.05 Å². The second-order valence-corrected chi connectivity index (χ2v) is 2.85. The summed E-state index contributed by atoms with van der Waals surface area (Å²) in [6.07, 6.45) is 2.27. The van der Waals surface area contributed by atoms with E-state index in [1.807, 2.05) is 0 Å². The molecule has 0 unspecified atom stereocenters. The zero-order chi connectivity index (χ0) is 7.61. The molecule has 1 nitrogen and oxygen atoms in total. The predicted octanol–water partition coefficient (Wildman–Crippen LogP) is 1.78. The lowest BCUT2D eigenvalue weighted by Gasteiger charge is -2.30. The Morgan fingerprint density at radius 3 is 2.50 bits per heavy atom.